The molecule has 0 saturated carbocycles. The standard InChI is InChI=1S/C12H15NO2/c1-2-15-12(14)10-6-5-9-4-3-7-13-11(9)8-10/h5-6,8,13H,2-4,7H2,1H3. The summed E-state index contributed by atoms with van der Waals surface area (Å²) in [6.07, 6.45) is 2.25. The second-order valence-corrected chi connectivity index (χ2v) is 3.62. The summed E-state index contributed by atoms with van der Waals surface area (Å²) in [5, 5.41) is 3.29. The van der Waals surface area contributed by atoms with Gasteiger partial charge in [-0.1, -0.05) is 6.07 Å². The molecule has 1 aromatic carbocycles. The Kier molecular flexibility index (Phi) is 2.90. The van der Waals surface area contributed by atoms with Gasteiger partial charge in [0, 0.05) is 12.2 Å². The van der Waals surface area contributed by atoms with Gasteiger partial charge >= 0.3 is 5.97 Å². The minimum Gasteiger partial charge on any atom is -0.462 e. The molecule has 0 atom stereocenters. The van der Waals surface area contributed by atoms with E-state index in [1.807, 2.05) is 25.1 Å². The van der Waals surface area contributed by atoms with Crippen molar-refractivity contribution in [1.82, 2.24) is 0 Å². The first-order chi connectivity index (χ1) is 7.31. The van der Waals surface area contributed by atoms with E-state index in [9.17, 15) is 4.79 Å². The monoisotopic (exact) mass is 205 g/mol. The zero-order valence-electron chi connectivity index (χ0n) is 8.88. The van der Waals surface area contributed by atoms with Crippen molar-refractivity contribution in [3.8, 4) is 0 Å². The van der Waals surface area contributed by atoms with E-state index in [0.717, 1.165) is 25.1 Å². The third kappa shape index (κ3) is 2.12. The molecule has 0 radical (unpaired) electrons. The van der Waals surface area contributed by atoms with Gasteiger partial charge in [-0.2, -0.15) is 0 Å². The number of rotatable bonds is 2. The molecule has 1 N–H and O–H groups in total. The van der Waals surface area contributed by atoms with Crippen molar-refractivity contribution in [3.63, 3.8) is 0 Å². The van der Waals surface area contributed by atoms with Crippen molar-refractivity contribution < 1.29 is 9.53 Å². The lowest BCUT2D eigenvalue weighted by atomic mass is 10.0. The molecule has 2 rings (SSSR count). The van der Waals surface area contributed by atoms with Gasteiger partial charge in [0.2, 0.25) is 0 Å². The van der Waals surface area contributed by atoms with Gasteiger partial charge in [0.1, 0.15) is 0 Å². The predicted molar refractivity (Wildman–Crippen MR) is 59.2 cm³/mol. The lowest BCUT2D eigenvalue weighted by Crippen LogP contribution is -2.13. The Hall–Kier alpha value is -1.51. The number of hydrogen-bond donors (Lipinski definition) is 1. The summed E-state index contributed by atoms with van der Waals surface area (Å²) < 4.78 is 4.95. The zero-order valence-corrected chi connectivity index (χ0v) is 8.88. The summed E-state index contributed by atoms with van der Waals surface area (Å²) in [5.74, 6) is -0.243. The van der Waals surface area contributed by atoms with Crippen molar-refractivity contribution in [3.05, 3.63) is 29.3 Å². The Bertz CT molecular complexity index is 374. The summed E-state index contributed by atoms with van der Waals surface area (Å²) in [5.41, 5.74) is 2.99. The third-order valence-electron chi connectivity index (χ3n) is 2.56. The van der Waals surface area contributed by atoms with Gasteiger partial charge in [0.25, 0.3) is 0 Å². The van der Waals surface area contributed by atoms with Crippen molar-refractivity contribution in [2.75, 3.05) is 18.5 Å². The number of hydrogen-bond acceptors (Lipinski definition) is 3. The third-order valence-corrected chi connectivity index (χ3v) is 2.56. The zero-order chi connectivity index (χ0) is 10.7. The topological polar surface area (TPSA) is 38.3 Å². The van der Waals surface area contributed by atoms with Gasteiger partial charge in [0.15, 0.2) is 0 Å². The number of nitrogens with one attached hydrogen (secondary N) is 1. The molecular weight excluding hydrogens is 190 g/mol. The second kappa shape index (κ2) is 4.34. The highest BCUT2D eigenvalue weighted by molar-refractivity contribution is 5.90. The van der Waals surface area contributed by atoms with Crippen LogP contribution in [0.1, 0.15) is 29.3 Å². The number of carbonyl (C=O) groups excluding carboxylic acids is 1. The van der Waals surface area contributed by atoms with Crippen LogP contribution in [-0.4, -0.2) is 19.1 Å². The van der Waals surface area contributed by atoms with Gasteiger partial charge in [-0.15, -0.1) is 0 Å². The molecule has 0 bridgehead atoms. The van der Waals surface area contributed by atoms with Crippen molar-refractivity contribution >= 4 is 11.7 Å². The number of benzene rings is 1. The molecule has 1 aromatic rings. The summed E-state index contributed by atoms with van der Waals surface area (Å²) in [6.45, 7) is 3.22. The first-order valence-electron chi connectivity index (χ1n) is 5.35. The van der Waals surface area contributed by atoms with E-state index in [4.69, 9.17) is 4.74 Å². The number of carbonyl (C=O) groups is 1. The molecule has 1 aliphatic heterocycles. The molecule has 15 heavy (non-hydrogen) atoms. The number of esters is 1. The predicted octanol–water partition coefficient (Wildman–Crippen LogP) is 2.22. The lowest BCUT2D eigenvalue weighted by molar-refractivity contribution is 0.0526. The van der Waals surface area contributed by atoms with Gasteiger partial charge in [-0.3, -0.25) is 0 Å². The highest BCUT2D eigenvalue weighted by Crippen LogP contribution is 2.23. The summed E-state index contributed by atoms with van der Waals surface area (Å²) in [7, 11) is 0. The molecule has 3 heteroatoms. The highest BCUT2D eigenvalue weighted by atomic mass is 16.5. The fraction of sp³-hybridized carbons (Fsp3) is 0.417. The highest BCUT2D eigenvalue weighted by Gasteiger charge is 2.12. The fourth-order valence-electron chi connectivity index (χ4n) is 1.80. The number of aryl methyl sites for hydroxylation is 1. The van der Waals surface area contributed by atoms with Crippen LogP contribution in [0.15, 0.2) is 18.2 Å². The average molecular weight is 205 g/mol. The van der Waals surface area contributed by atoms with E-state index in [-0.39, 0.29) is 5.97 Å². The molecular formula is C12H15NO2. The largest absolute Gasteiger partial charge is 0.462 e. The smallest absolute Gasteiger partial charge is 0.338 e. The maximum atomic E-state index is 11.5. The van der Waals surface area contributed by atoms with E-state index in [1.54, 1.807) is 0 Å². The van der Waals surface area contributed by atoms with Crippen LogP contribution in [-0.2, 0) is 11.2 Å². The molecule has 0 aromatic heterocycles. The maximum Gasteiger partial charge on any atom is 0.338 e. The molecule has 80 valence electrons. The molecule has 3 nitrogen and oxygen atoms in total. The van der Waals surface area contributed by atoms with Crippen molar-refractivity contribution in [1.29, 1.82) is 0 Å². The summed E-state index contributed by atoms with van der Waals surface area (Å²) in [4.78, 5) is 11.5. The van der Waals surface area contributed by atoms with E-state index in [0.29, 0.717) is 12.2 Å². The lowest BCUT2D eigenvalue weighted by Gasteiger charge is -2.18. The Morgan fingerprint density at radius 1 is 1.53 bits per heavy atom. The van der Waals surface area contributed by atoms with Crippen LogP contribution >= 0.6 is 0 Å². The average Bonchev–Trinajstić information content (AvgIpc) is 2.29. The minimum atomic E-state index is -0.243. The molecule has 0 fully saturated rings. The van der Waals surface area contributed by atoms with Crippen LogP contribution in [0.5, 0.6) is 0 Å². The Balaban J connectivity index is 2.24. The van der Waals surface area contributed by atoms with E-state index in [1.165, 1.54) is 5.56 Å². The maximum absolute atomic E-state index is 11.5. The van der Waals surface area contributed by atoms with Gasteiger partial charge in [0.05, 0.1) is 12.2 Å². The number of ether oxygens (including phenoxy) is 1. The Labute approximate surface area is 89.4 Å². The van der Waals surface area contributed by atoms with Gasteiger partial charge < -0.3 is 10.1 Å². The van der Waals surface area contributed by atoms with Crippen LogP contribution < -0.4 is 5.32 Å². The van der Waals surface area contributed by atoms with Gasteiger partial charge in [-0.05, 0) is 37.5 Å². The van der Waals surface area contributed by atoms with Crippen molar-refractivity contribution in [2.45, 2.75) is 19.8 Å². The minimum absolute atomic E-state index is 0.243. The molecule has 1 heterocycles. The summed E-state index contributed by atoms with van der Waals surface area (Å²) >= 11 is 0. The molecule has 0 unspecified atom stereocenters. The van der Waals surface area contributed by atoms with E-state index in [2.05, 4.69) is 5.32 Å². The molecule has 0 aliphatic carbocycles. The molecule has 0 amide bonds. The summed E-state index contributed by atoms with van der Waals surface area (Å²) in [6, 6.07) is 5.73. The fourth-order valence-corrected chi connectivity index (χ4v) is 1.80. The quantitative estimate of drug-likeness (QED) is 0.752. The van der Waals surface area contributed by atoms with Crippen LogP contribution in [0.3, 0.4) is 0 Å². The number of anilines is 1. The Morgan fingerprint density at radius 2 is 2.40 bits per heavy atom. The van der Waals surface area contributed by atoms with Gasteiger partial charge in [-0.25, -0.2) is 4.79 Å². The molecule has 0 spiro atoms. The van der Waals surface area contributed by atoms with E-state index < -0.39 is 0 Å². The SMILES string of the molecule is CCOC(=O)c1ccc2c(c1)NCCC2. The van der Waals surface area contributed by atoms with Crippen LogP contribution in [0, 0.1) is 0 Å². The first kappa shape index (κ1) is 10.0. The van der Waals surface area contributed by atoms with E-state index >= 15 is 0 Å². The number of fused-ring (bicyclic) bond motifs is 1. The molecule has 0 saturated heterocycles. The van der Waals surface area contributed by atoms with Crippen LogP contribution in [0.4, 0.5) is 5.69 Å². The first-order valence-corrected chi connectivity index (χ1v) is 5.35. The van der Waals surface area contributed by atoms with Crippen LogP contribution in [0.2, 0.25) is 0 Å². The van der Waals surface area contributed by atoms with Crippen molar-refractivity contribution in [2.24, 2.45) is 0 Å². The second-order valence-electron chi connectivity index (χ2n) is 3.62. The Morgan fingerprint density at radius 3 is 3.20 bits per heavy atom. The normalized spacial score (nSPS) is 13.9. The molecule has 1 aliphatic rings. The van der Waals surface area contributed by atoms with Crippen LogP contribution in [0.25, 0.3) is 0 Å².